The largest absolute Gasteiger partial charge is 0.480 e. The summed E-state index contributed by atoms with van der Waals surface area (Å²) >= 11 is 0. The first-order valence-electron chi connectivity index (χ1n) is 16.0. The van der Waals surface area contributed by atoms with Crippen LogP contribution in [0, 0.1) is 13.8 Å². The monoisotopic (exact) mass is 617 g/mol. The van der Waals surface area contributed by atoms with Gasteiger partial charge < -0.3 is 15.5 Å². The summed E-state index contributed by atoms with van der Waals surface area (Å²) < 4.78 is 2.02. The van der Waals surface area contributed by atoms with Gasteiger partial charge in [0.15, 0.2) is 5.82 Å². The first-order valence-corrected chi connectivity index (χ1v) is 16.0. The second-order valence-corrected chi connectivity index (χ2v) is 12.5. The Bertz CT molecular complexity index is 1920. The van der Waals surface area contributed by atoms with Gasteiger partial charge in [0.25, 0.3) is 0 Å². The highest BCUT2D eigenvalue weighted by Gasteiger charge is 2.24. The van der Waals surface area contributed by atoms with Crippen molar-refractivity contribution in [1.82, 2.24) is 30.0 Å². The fraction of sp³-hybridized carbons (Fsp3) is 0.333. The van der Waals surface area contributed by atoms with E-state index >= 15 is 0 Å². The minimum Gasteiger partial charge on any atom is -0.480 e. The quantitative estimate of drug-likeness (QED) is 0.167. The van der Waals surface area contributed by atoms with E-state index in [-0.39, 0.29) is 18.7 Å². The van der Waals surface area contributed by atoms with E-state index in [9.17, 15) is 15.0 Å². The topological polar surface area (TPSA) is 128 Å². The zero-order chi connectivity index (χ0) is 31.8. The number of carboxylic acids is 1. The standard InChI is InChI=1S/C36H39N7O3/c1-22-27(6-3-8-29(22)32-17-33-31(38-19-34(45)46)10-5-14-43(33)41-32)28-7-4-9-30(23(28)2)40-36-35-25(11-13-37-36)16-24(18-39-35)20-42-15-12-26(44)21-42/h3-4,6-9,11,13,16-18,26,31,38,44H,5,10,12,14-15,19-21H2,1-2H3,(H,37,40)(H,45,46)/t26-,31?/m1/s1. The lowest BCUT2D eigenvalue weighted by molar-refractivity contribution is -0.136. The van der Waals surface area contributed by atoms with Gasteiger partial charge in [-0.25, -0.2) is 4.98 Å². The van der Waals surface area contributed by atoms with Crippen molar-refractivity contribution in [1.29, 1.82) is 0 Å². The summed E-state index contributed by atoms with van der Waals surface area (Å²) in [6.07, 6.45) is 6.15. The van der Waals surface area contributed by atoms with Gasteiger partial charge in [-0.2, -0.15) is 5.10 Å². The first-order chi connectivity index (χ1) is 22.3. The van der Waals surface area contributed by atoms with Crippen LogP contribution in [0.1, 0.15) is 47.7 Å². The van der Waals surface area contributed by atoms with Gasteiger partial charge >= 0.3 is 5.97 Å². The summed E-state index contributed by atoms with van der Waals surface area (Å²) in [7, 11) is 0. The van der Waals surface area contributed by atoms with Crippen LogP contribution in [0.5, 0.6) is 0 Å². The van der Waals surface area contributed by atoms with Crippen molar-refractivity contribution in [2.45, 2.75) is 58.3 Å². The maximum Gasteiger partial charge on any atom is 0.317 e. The van der Waals surface area contributed by atoms with Gasteiger partial charge in [0.1, 0.15) is 5.52 Å². The third-order valence-electron chi connectivity index (χ3n) is 9.33. The van der Waals surface area contributed by atoms with Crippen LogP contribution in [0.4, 0.5) is 11.5 Å². The molecule has 1 saturated heterocycles. The molecule has 2 aliphatic rings. The van der Waals surface area contributed by atoms with Crippen LogP contribution in [0.15, 0.2) is 67.0 Å². The Labute approximate surface area is 268 Å². The number of fused-ring (bicyclic) bond motifs is 2. The van der Waals surface area contributed by atoms with Crippen molar-refractivity contribution in [3.05, 3.63) is 89.4 Å². The SMILES string of the molecule is Cc1c(Nc2nccc3cc(CN4CC[C@@H](O)C4)cnc23)cccc1-c1cccc(-c2cc3n(n2)CCCC3NCC(=O)O)c1C. The van der Waals surface area contributed by atoms with Crippen LogP contribution in [0.2, 0.25) is 0 Å². The van der Waals surface area contributed by atoms with E-state index in [1.54, 1.807) is 0 Å². The lowest BCUT2D eigenvalue weighted by Gasteiger charge is -2.23. The molecule has 0 spiro atoms. The molecule has 4 N–H and O–H groups in total. The summed E-state index contributed by atoms with van der Waals surface area (Å²) in [6, 6.07) is 18.8. The second-order valence-electron chi connectivity index (χ2n) is 12.5. The molecule has 2 atom stereocenters. The number of rotatable bonds is 9. The zero-order valence-electron chi connectivity index (χ0n) is 26.2. The number of aliphatic carboxylic acids is 1. The average molecular weight is 618 g/mol. The van der Waals surface area contributed by atoms with Gasteiger partial charge in [0, 0.05) is 61.3 Å². The molecular formula is C36H39N7O3. The lowest BCUT2D eigenvalue weighted by Crippen LogP contribution is -2.31. The summed E-state index contributed by atoms with van der Waals surface area (Å²) in [5.74, 6) is -0.148. The average Bonchev–Trinajstić information content (AvgIpc) is 3.67. The predicted molar refractivity (Wildman–Crippen MR) is 179 cm³/mol. The normalized spacial score (nSPS) is 18.2. The van der Waals surface area contributed by atoms with E-state index in [2.05, 4.69) is 82.9 Å². The number of hydrogen-bond donors (Lipinski definition) is 4. The van der Waals surface area contributed by atoms with Crippen molar-refractivity contribution in [2.75, 3.05) is 25.0 Å². The highest BCUT2D eigenvalue weighted by atomic mass is 16.4. The molecule has 7 rings (SSSR count). The number of pyridine rings is 2. The Balaban J connectivity index is 1.16. The number of aromatic nitrogens is 4. The number of carboxylic acid groups (broad SMARTS) is 1. The number of benzene rings is 2. The Kier molecular flexibility index (Phi) is 8.25. The van der Waals surface area contributed by atoms with E-state index < -0.39 is 5.97 Å². The van der Waals surface area contributed by atoms with Crippen molar-refractivity contribution in [2.24, 2.45) is 0 Å². The van der Waals surface area contributed by atoms with Gasteiger partial charge in [-0.3, -0.25) is 24.7 Å². The molecule has 5 heterocycles. The summed E-state index contributed by atoms with van der Waals surface area (Å²) in [5.41, 5.74) is 10.4. The van der Waals surface area contributed by atoms with Gasteiger partial charge in [-0.15, -0.1) is 0 Å². The number of aliphatic hydroxyl groups excluding tert-OH is 1. The first kappa shape index (κ1) is 30.0. The molecule has 10 heteroatoms. The van der Waals surface area contributed by atoms with E-state index in [0.29, 0.717) is 12.4 Å². The number of anilines is 2. The smallest absolute Gasteiger partial charge is 0.317 e. The summed E-state index contributed by atoms with van der Waals surface area (Å²) in [6.45, 7) is 7.40. The summed E-state index contributed by atoms with van der Waals surface area (Å²) in [4.78, 5) is 22.9. The molecular weight excluding hydrogens is 578 g/mol. The maximum atomic E-state index is 11.2. The molecule has 0 bridgehead atoms. The molecule has 46 heavy (non-hydrogen) atoms. The van der Waals surface area contributed by atoms with Crippen LogP contribution in [0.3, 0.4) is 0 Å². The number of carbonyl (C=O) groups is 1. The number of nitrogens with one attached hydrogen (secondary N) is 2. The van der Waals surface area contributed by atoms with Crippen LogP contribution in [0.25, 0.3) is 33.3 Å². The molecule has 0 radical (unpaired) electrons. The van der Waals surface area contributed by atoms with Crippen LogP contribution < -0.4 is 10.6 Å². The van der Waals surface area contributed by atoms with Crippen LogP contribution >= 0.6 is 0 Å². The fourth-order valence-electron chi connectivity index (χ4n) is 6.93. The highest BCUT2D eigenvalue weighted by molar-refractivity contribution is 5.91. The summed E-state index contributed by atoms with van der Waals surface area (Å²) in [5, 5.41) is 31.8. The Morgan fingerprint density at radius 1 is 0.978 bits per heavy atom. The van der Waals surface area contributed by atoms with Crippen LogP contribution in [-0.2, 0) is 17.9 Å². The third kappa shape index (κ3) is 5.99. The van der Waals surface area contributed by atoms with Gasteiger partial charge in [0.05, 0.1) is 24.0 Å². The third-order valence-corrected chi connectivity index (χ3v) is 9.33. The molecule has 2 aliphatic heterocycles. The van der Waals surface area contributed by atoms with Gasteiger partial charge in [-0.05, 0) is 85.2 Å². The van der Waals surface area contributed by atoms with Crippen molar-refractivity contribution >= 4 is 28.4 Å². The number of likely N-dealkylation sites (tertiary alicyclic amines) is 1. The molecule has 0 saturated carbocycles. The maximum absolute atomic E-state index is 11.2. The number of nitrogens with zero attached hydrogens (tertiary/aromatic N) is 5. The van der Waals surface area contributed by atoms with E-state index in [0.717, 1.165) is 100 Å². The highest BCUT2D eigenvalue weighted by Crippen LogP contribution is 2.37. The number of aryl methyl sites for hydroxylation is 1. The number of β-amino-alcohol motifs (C(OH)–C–C–N with tert-alkyl or cyclic N) is 1. The second kappa shape index (κ2) is 12.6. The predicted octanol–water partition coefficient (Wildman–Crippen LogP) is 5.60. The molecule has 5 aromatic rings. The Hall–Kier alpha value is -4.64. The van der Waals surface area contributed by atoms with Crippen molar-refractivity contribution < 1.29 is 15.0 Å². The van der Waals surface area contributed by atoms with E-state index in [1.807, 2.05) is 23.1 Å². The molecule has 10 nitrogen and oxygen atoms in total. The van der Waals surface area contributed by atoms with Crippen molar-refractivity contribution in [3.63, 3.8) is 0 Å². The Morgan fingerprint density at radius 3 is 2.59 bits per heavy atom. The van der Waals surface area contributed by atoms with Gasteiger partial charge in [-0.1, -0.05) is 30.3 Å². The molecule has 236 valence electrons. The van der Waals surface area contributed by atoms with Gasteiger partial charge in [0.2, 0.25) is 0 Å². The Morgan fingerprint density at radius 2 is 1.78 bits per heavy atom. The van der Waals surface area contributed by atoms with E-state index in [1.165, 1.54) is 0 Å². The van der Waals surface area contributed by atoms with E-state index in [4.69, 9.17) is 10.1 Å². The van der Waals surface area contributed by atoms with Crippen LogP contribution in [-0.4, -0.2) is 66.6 Å². The van der Waals surface area contributed by atoms with Crippen molar-refractivity contribution in [3.8, 4) is 22.4 Å². The molecule has 1 unspecified atom stereocenters. The molecule has 0 amide bonds. The molecule has 3 aromatic heterocycles. The molecule has 2 aromatic carbocycles. The zero-order valence-corrected chi connectivity index (χ0v) is 26.2. The fourth-order valence-corrected chi connectivity index (χ4v) is 6.93. The number of hydrogen-bond acceptors (Lipinski definition) is 8. The number of aliphatic hydroxyl groups is 1. The molecule has 0 aliphatic carbocycles. The minimum absolute atomic E-state index is 0.0255. The lowest BCUT2D eigenvalue weighted by atomic mass is 9.91. The molecule has 1 fully saturated rings. The minimum atomic E-state index is -0.857.